The molecule has 0 spiro atoms. The fraction of sp³-hybridized carbons (Fsp3) is 0.533. The lowest BCUT2D eigenvalue weighted by Gasteiger charge is -2.32. The van der Waals surface area contributed by atoms with Crippen LogP contribution in [-0.4, -0.2) is 44.1 Å². The number of rotatable bonds is 5. The van der Waals surface area contributed by atoms with Crippen LogP contribution in [0.3, 0.4) is 0 Å². The fourth-order valence-electron chi connectivity index (χ4n) is 2.68. The number of piperidine rings is 1. The number of nitrogens with one attached hydrogen (secondary N) is 1. The minimum Gasteiger partial charge on any atom is -0.490 e. The molecule has 1 heterocycles. The number of hydrogen-bond donors (Lipinski definition) is 1. The summed E-state index contributed by atoms with van der Waals surface area (Å²) in [6.45, 7) is 2.59. The van der Waals surface area contributed by atoms with Crippen LogP contribution in [0.2, 0.25) is 5.02 Å². The molecular weight excluding hydrogens is 340 g/mol. The Hall–Kier alpha value is -1.31. The number of sulfonamides is 1. The quantitative estimate of drug-likeness (QED) is 0.875. The summed E-state index contributed by atoms with van der Waals surface area (Å²) in [4.78, 5) is 12.6. The molecule has 0 unspecified atom stereocenters. The Morgan fingerprint density at radius 1 is 1.43 bits per heavy atom. The van der Waals surface area contributed by atoms with Crippen molar-refractivity contribution in [3.05, 3.63) is 23.2 Å². The highest BCUT2D eigenvalue weighted by molar-refractivity contribution is 7.88. The molecule has 0 radical (unpaired) electrons. The third kappa shape index (κ3) is 4.37. The third-order valence-electron chi connectivity index (χ3n) is 3.70. The van der Waals surface area contributed by atoms with Crippen LogP contribution in [0.1, 0.15) is 26.2 Å². The number of carbonyl (C=O) groups excluding carboxylic acids is 1. The second kappa shape index (κ2) is 7.51. The van der Waals surface area contributed by atoms with Gasteiger partial charge in [-0.05, 0) is 31.9 Å². The Kier molecular flexibility index (Phi) is 5.89. The van der Waals surface area contributed by atoms with E-state index in [1.807, 2.05) is 6.92 Å². The van der Waals surface area contributed by atoms with Crippen molar-refractivity contribution >= 4 is 33.2 Å². The molecule has 6 nitrogen and oxygen atoms in total. The predicted octanol–water partition coefficient (Wildman–Crippen LogP) is 2.49. The smallest absolute Gasteiger partial charge is 0.242 e. The summed E-state index contributed by atoms with van der Waals surface area (Å²) in [6, 6.07) is 4.36. The van der Waals surface area contributed by atoms with Crippen molar-refractivity contribution in [3.8, 4) is 5.75 Å². The normalized spacial score (nSPS) is 19.3. The van der Waals surface area contributed by atoms with Crippen molar-refractivity contribution < 1.29 is 17.9 Å². The summed E-state index contributed by atoms with van der Waals surface area (Å²) in [6.07, 6.45) is 3.21. The summed E-state index contributed by atoms with van der Waals surface area (Å²) in [5, 5.41) is 3.15. The van der Waals surface area contributed by atoms with Gasteiger partial charge in [0.1, 0.15) is 6.04 Å². The van der Waals surface area contributed by atoms with E-state index in [2.05, 4.69) is 5.32 Å². The first kappa shape index (κ1) is 18.0. The van der Waals surface area contributed by atoms with Crippen LogP contribution in [-0.2, 0) is 14.8 Å². The lowest BCUT2D eigenvalue weighted by molar-refractivity contribution is -0.120. The van der Waals surface area contributed by atoms with E-state index in [1.165, 1.54) is 4.31 Å². The molecule has 0 aromatic heterocycles. The van der Waals surface area contributed by atoms with Crippen molar-refractivity contribution in [2.24, 2.45) is 0 Å². The first-order valence-electron chi connectivity index (χ1n) is 7.53. The highest BCUT2D eigenvalue weighted by atomic mass is 35.5. The lowest BCUT2D eigenvalue weighted by atomic mass is 10.0. The number of amides is 1. The maximum atomic E-state index is 12.6. The number of benzene rings is 1. The van der Waals surface area contributed by atoms with Gasteiger partial charge in [0.05, 0.1) is 23.6 Å². The maximum absolute atomic E-state index is 12.6. The molecule has 1 aromatic carbocycles. The SMILES string of the molecule is CCOc1c(Cl)cccc1NC(=O)[C@H]1CCCCN1S(C)(=O)=O. The third-order valence-corrected chi connectivity index (χ3v) is 5.28. The highest BCUT2D eigenvalue weighted by Crippen LogP contribution is 2.33. The van der Waals surface area contributed by atoms with Gasteiger partial charge < -0.3 is 10.1 Å². The summed E-state index contributed by atoms with van der Waals surface area (Å²) in [5.41, 5.74) is 0.448. The van der Waals surface area contributed by atoms with Crippen LogP contribution in [0.25, 0.3) is 0 Å². The van der Waals surface area contributed by atoms with Crippen molar-refractivity contribution in [2.45, 2.75) is 32.2 Å². The van der Waals surface area contributed by atoms with Gasteiger partial charge in [-0.3, -0.25) is 4.79 Å². The molecule has 1 N–H and O–H groups in total. The van der Waals surface area contributed by atoms with Crippen LogP contribution in [0, 0.1) is 0 Å². The Balaban J connectivity index is 2.23. The van der Waals surface area contributed by atoms with E-state index < -0.39 is 16.1 Å². The molecule has 23 heavy (non-hydrogen) atoms. The molecule has 1 aliphatic heterocycles. The van der Waals surface area contributed by atoms with Crippen LogP contribution in [0.5, 0.6) is 5.75 Å². The zero-order valence-electron chi connectivity index (χ0n) is 13.2. The number of hydrogen-bond acceptors (Lipinski definition) is 4. The summed E-state index contributed by atoms with van der Waals surface area (Å²) >= 11 is 6.10. The monoisotopic (exact) mass is 360 g/mol. The highest BCUT2D eigenvalue weighted by Gasteiger charge is 2.34. The molecule has 0 saturated carbocycles. The molecule has 1 amide bonds. The average molecular weight is 361 g/mol. The Morgan fingerprint density at radius 3 is 2.83 bits per heavy atom. The zero-order valence-corrected chi connectivity index (χ0v) is 14.8. The van der Waals surface area contributed by atoms with Gasteiger partial charge in [-0.1, -0.05) is 24.1 Å². The largest absolute Gasteiger partial charge is 0.490 e. The Bertz CT molecular complexity index is 678. The predicted molar refractivity (Wildman–Crippen MR) is 90.4 cm³/mol. The van der Waals surface area contributed by atoms with Gasteiger partial charge in [-0.2, -0.15) is 4.31 Å². The minimum absolute atomic E-state index is 0.363. The van der Waals surface area contributed by atoms with E-state index in [0.29, 0.717) is 36.0 Å². The number of anilines is 1. The molecule has 1 saturated heterocycles. The summed E-state index contributed by atoms with van der Waals surface area (Å²) in [7, 11) is -3.43. The van der Waals surface area contributed by atoms with Crippen molar-refractivity contribution in [3.63, 3.8) is 0 Å². The molecule has 0 aliphatic carbocycles. The number of nitrogens with zero attached hydrogens (tertiary/aromatic N) is 1. The summed E-state index contributed by atoms with van der Waals surface area (Å²) < 4.78 is 30.5. The second-order valence-electron chi connectivity index (χ2n) is 5.42. The zero-order chi connectivity index (χ0) is 17.0. The van der Waals surface area contributed by atoms with E-state index >= 15 is 0 Å². The van der Waals surface area contributed by atoms with E-state index in [9.17, 15) is 13.2 Å². The molecule has 2 rings (SSSR count). The molecule has 1 aromatic rings. The van der Waals surface area contributed by atoms with E-state index in [-0.39, 0.29) is 5.91 Å². The first-order chi connectivity index (χ1) is 10.8. The van der Waals surface area contributed by atoms with Gasteiger partial charge in [0.25, 0.3) is 0 Å². The molecular formula is C15H21ClN2O4S. The van der Waals surface area contributed by atoms with E-state index in [0.717, 1.165) is 19.1 Å². The number of carbonyl (C=O) groups is 1. The van der Waals surface area contributed by atoms with E-state index in [1.54, 1.807) is 18.2 Å². The number of ether oxygens (including phenoxy) is 1. The maximum Gasteiger partial charge on any atom is 0.242 e. The molecule has 128 valence electrons. The summed E-state index contributed by atoms with van der Waals surface area (Å²) in [5.74, 6) is 0.0325. The van der Waals surface area contributed by atoms with Crippen LogP contribution in [0.15, 0.2) is 18.2 Å². The molecule has 1 aliphatic rings. The van der Waals surface area contributed by atoms with Gasteiger partial charge in [-0.15, -0.1) is 0 Å². The van der Waals surface area contributed by atoms with Gasteiger partial charge in [0.2, 0.25) is 15.9 Å². The van der Waals surface area contributed by atoms with Crippen molar-refractivity contribution in [1.29, 1.82) is 0 Å². The van der Waals surface area contributed by atoms with Gasteiger partial charge in [0.15, 0.2) is 5.75 Å². The minimum atomic E-state index is -3.43. The van der Waals surface area contributed by atoms with Crippen LogP contribution < -0.4 is 10.1 Å². The molecule has 1 atom stereocenters. The van der Waals surface area contributed by atoms with Crippen LogP contribution >= 0.6 is 11.6 Å². The van der Waals surface area contributed by atoms with Crippen LogP contribution in [0.4, 0.5) is 5.69 Å². The van der Waals surface area contributed by atoms with E-state index in [4.69, 9.17) is 16.3 Å². The number of para-hydroxylation sites is 1. The fourth-order valence-corrected chi connectivity index (χ4v) is 4.03. The van der Waals surface area contributed by atoms with Gasteiger partial charge >= 0.3 is 0 Å². The second-order valence-corrected chi connectivity index (χ2v) is 7.77. The molecule has 0 bridgehead atoms. The molecule has 1 fully saturated rings. The Labute approximate surface area is 141 Å². The van der Waals surface area contributed by atoms with Gasteiger partial charge in [-0.25, -0.2) is 8.42 Å². The first-order valence-corrected chi connectivity index (χ1v) is 9.76. The number of halogens is 1. The standard InChI is InChI=1S/C15H21ClN2O4S/c1-3-22-14-11(16)7-6-8-12(14)17-15(19)13-9-4-5-10-18(13)23(2,20)21/h6-8,13H,3-5,9-10H2,1-2H3,(H,17,19)/t13-/m1/s1. The molecule has 8 heteroatoms. The average Bonchev–Trinajstić information content (AvgIpc) is 2.50. The topological polar surface area (TPSA) is 75.7 Å². The Morgan fingerprint density at radius 2 is 2.17 bits per heavy atom. The lowest BCUT2D eigenvalue weighted by Crippen LogP contribution is -2.49. The van der Waals surface area contributed by atoms with Gasteiger partial charge in [0, 0.05) is 6.54 Å². The van der Waals surface area contributed by atoms with Crippen molar-refractivity contribution in [1.82, 2.24) is 4.31 Å². The van der Waals surface area contributed by atoms with Crippen molar-refractivity contribution in [2.75, 3.05) is 24.7 Å².